The summed E-state index contributed by atoms with van der Waals surface area (Å²) >= 11 is 12.7. The summed E-state index contributed by atoms with van der Waals surface area (Å²) in [4.78, 5) is 51.2. The van der Waals surface area contributed by atoms with Gasteiger partial charge in [0.1, 0.15) is 12.8 Å². The van der Waals surface area contributed by atoms with E-state index in [9.17, 15) is 19.2 Å². The van der Waals surface area contributed by atoms with E-state index in [1.807, 2.05) is 19.9 Å². The Morgan fingerprint density at radius 1 is 1.12 bits per heavy atom. The molecule has 2 aromatic carbocycles. The lowest BCUT2D eigenvalue weighted by atomic mass is 10.1. The number of aryl methyl sites for hydroxylation is 2. The molecule has 10 heteroatoms. The summed E-state index contributed by atoms with van der Waals surface area (Å²) in [6.45, 7) is 3.41. The standard InChI is InChI=1S/C23H16Cl2N2O5S/c1-11-3-4-15(5-12(11)2)26-19(28)9-27-22(30)18(33-23(27)31)6-13-10-32-21-16(20(13)29)7-14(24)8-17(21)25/h3-8,10H,9H2,1-2H3,(H,26,28)/b18-6-. The Kier molecular flexibility index (Phi) is 6.34. The van der Waals surface area contributed by atoms with E-state index in [-0.39, 0.29) is 31.5 Å². The van der Waals surface area contributed by atoms with Crippen LogP contribution in [-0.2, 0) is 9.59 Å². The number of carbonyl (C=O) groups excluding carboxylic acids is 3. The minimum Gasteiger partial charge on any atom is -0.462 e. The second-order valence-corrected chi connectivity index (χ2v) is 9.24. The van der Waals surface area contributed by atoms with E-state index in [0.29, 0.717) is 17.4 Å². The number of amides is 3. The average molecular weight is 503 g/mol. The van der Waals surface area contributed by atoms with Crippen molar-refractivity contribution >= 4 is 74.7 Å². The monoisotopic (exact) mass is 502 g/mol. The first-order valence-corrected chi connectivity index (χ1v) is 11.2. The summed E-state index contributed by atoms with van der Waals surface area (Å²) in [5, 5.41) is 2.65. The van der Waals surface area contributed by atoms with Gasteiger partial charge in [0.15, 0.2) is 11.0 Å². The maximum absolute atomic E-state index is 12.8. The minimum atomic E-state index is -0.677. The van der Waals surface area contributed by atoms with E-state index < -0.39 is 29.0 Å². The van der Waals surface area contributed by atoms with Gasteiger partial charge in [-0.05, 0) is 67.1 Å². The molecule has 0 radical (unpaired) electrons. The van der Waals surface area contributed by atoms with Crippen molar-refractivity contribution in [3.8, 4) is 0 Å². The average Bonchev–Trinajstić information content (AvgIpc) is 3.00. The zero-order chi connectivity index (χ0) is 23.9. The van der Waals surface area contributed by atoms with Gasteiger partial charge in [0.25, 0.3) is 11.1 Å². The van der Waals surface area contributed by atoms with Gasteiger partial charge in [-0.3, -0.25) is 24.1 Å². The molecule has 3 amide bonds. The van der Waals surface area contributed by atoms with E-state index in [4.69, 9.17) is 27.6 Å². The molecule has 168 valence electrons. The fourth-order valence-electron chi connectivity index (χ4n) is 3.22. The maximum Gasteiger partial charge on any atom is 0.294 e. The Morgan fingerprint density at radius 3 is 2.61 bits per heavy atom. The Morgan fingerprint density at radius 2 is 1.88 bits per heavy atom. The van der Waals surface area contributed by atoms with Crippen molar-refractivity contribution in [3.63, 3.8) is 0 Å². The summed E-state index contributed by atoms with van der Waals surface area (Å²) in [5.41, 5.74) is 2.40. The SMILES string of the molecule is Cc1ccc(NC(=O)CN2C(=O)S/C(=C\c3coc4c(Cl)cc(Cl)cc4c3=O)C2=O)cc1C. The van der Waals surface area contributed by atoms with Gasteiger partial charge in [-0.15, -0.1) is 0 Å². The molecule has 4 rings (SSSR count). The van der Waals surface area contributed by atoms with Crippen LogP contribution in [0.15, 0.2) is 50.7 Å². The number of fused-ring (bicyclic) bond motifs is 1. The molecule has 1 fully saturated rings. The van der Waals surface area contributed by atoms with Crippen molar-refractivity contribution in [2.24, 2.45) is 0 Å². The first-order valence-electron chi connectivity index (χ1n) is 9.67. The number of thioether (sulfide) groups is 1. The third kappa shape index (κ3) is 4.68. The third-order valence-electron chi connectivity index (χ3n) is 5.07. The number of imide groups is 1. The largest absolute Gasteiger partial charge is 0.462 e. The van der Waals surface area contributed by atoms with E-state index in [2.05, 4.69) is 5.32 Å². The highest BCUT2D eigenvalue weighted by molar-refractivity contribution is 8.18. The molecule has 7 nitrogen and oxygen atoms in total. The Labute approximate surface area is 202 Å². The number of benzene rings is 2. The molecular weight excluding hydrogens is 487 g/mol. The smallest absolute Gasteiger partial charge is 0.294 e. The number of rotatable bonds is 4. The van der Waals surface area contributed by atoms with Gasteiger partial charge in [0.2, 0.25) is 5.91 Å². The summed E-state index contributed by atoms with van der Waals surface area (Å²) in [6, 6.07) is 8.27. The normalized spacial score (nSPS) is 15.0. The van der Waals surface area contributed by atoms with Crippen LogP contribution in [0.5, 0.6) is 0 Å². The van der Waals surface area contributed by atoms with Gasteiger partial charge in [0.05, 0.1) is 20.9 Å². The van der Waals surface area contributed by atoms with Crippen LogP contribution < -0.4 is 10.7 Å². The molecule has 1 aromatic heterocycles. The van der Waals surface area contributed by atoms with Gasteiger partial charge < -0.3 is 9.73 Å². The molecule has 1 aliphatic rings. The fourth-order valence-corrected chi connectivity index (χ4v) is 4.59. The summed E-state index contributed by atoms with van der Waals surface area (Å²) < 4.78 is 5.44. The van der Waals surface area contributed by atoms with Crippen LogP contribution in [-0.4, -0.2) is 28.5 Å². The predicted molar refractivity (Wildman–Crippen MR) is 130 cm³/mol. The van der Waals surface area contributed by atoms with Crippen LogP contribution in [0, 0.1) is 13.8 Å². The molecule has 0 bridgehead atoms. The number of hydrogen-bond donors (Lipinski definition) is 1. The highest BCUT2D eigenvalue weighted by Crippen LogP contribution is 2.32. The van der Waals surface area contributed by atoms with Crippen molar-refractivity contribution in [1.82, 2.24) is 4.90 Å². The lowest BCUT2D eigenvalue weighted by Crippen LogP contribution is -2.36. The van der Waals surface area contributed by atoms with Crippen LogP contribution in [0.3, 0.4) is 0 Å². The highest BCUT2D eigenvalue weighted by atomic mass is 35.5. The van der Waals surface area contributed by atoms with Crippen LogP contribution >= 0.6 is 35.0 Å². The van der Waals surface area contributed by atoms with Crippen molar-refractivity contribution in [2.45, 2.75) is 13.8 Å². The quantitative estimate of drug-likeness (QED) is 0.480. The van der Waals surface area contributed by atoms with E-state index in [0.717, 1.165) is 22.3 Å². The molecule has 0 saturated carbocycles. The molecule has 0 unspecified atom stereocenters. The van der Waals surface area contributed by atoms with Gasteiger partial charge >= 0.3 is 0 Å². The number of anilines is 1. The van der Waals surface area contributed by atoms with Crippen molar-refractivity contribution in [1.29, 1.82) is 0 Å². The third-order valence-corrected chi connectivity index (χ3v) is 6.48. The van der Waals surface area contributed by atoms with Crippen LogP contribution in [0.25, 0.3) is 17.0 Å². The number of nitrogens with one attached hydrogen (secondary N) is 1. The summed E-state index contributed by atoms with van der Waals surface area (Å²) in [7, 11) is 0. The Hall–Kier alpha value is -3.07. The fraction of sp³-hybridized carbons (Fsp3) is 0.130. The van der Waals surface area contributed by atoms with E-state index >= 15 is 0 Å². The predicted octanol–water partition coefficient (Wildman–Crippen LogP) is 5.39. The molecule has 1 aliphatic heterocycles. The molecule has 0 atom stereocenters. The van der Waals surface area contributed by atoms with Gasteiger partial charge in [-0.2, -0.15) is 0 Å². The van der Waals surface area contributed by atoms with E-state index in [1.165, 1.54) is 18.2 Å². The molecule has 0 spiro atoms. The molecule has 0 aliphatic carbocycles. The Bertz CT molecular complexity index is 1430. The van der Waals surface area contributed by atoms with Crippen LogP contribution in [0.4, 0.5) is 10.5 Å². The van der Waals surface area contributed by atoms with Crippen molar-refractivity contribution in [3.05, 3.63) is 78.5 Å². The number of halogens is 2. The van der Waals surface area contributed by atoms with Crippen molar-refractivity contribution in [2.75, 3.05) is 11.9 Å². The van der Waals surface area contributed by atoms with Crippen LogP contribution in [0.2, 0.25) is 10.0 Å². The Balaban J connectivity index is 1.55. The van der Waals surface area contributed by atoms with Crippen molar-refractivity contribution < 1.29 is 18.8 Å². The van der Waals surface area contributed by atoms with E-state index in [1.54, 1.807) is 12.1 Å². The lowest BCUT2D eigenvalue weighted by Gasteiger charge is -2.13. The lowest BCUT2D eigenvalue weighted by molar-refractivity contribution is -0.127. The zero-order valence-corrected chi connectivity index (χ0v) is 19.7. The second-order valence-electron chi connectivity index (χ2n) is 7.40. The molecule has 1 N–H and O–H groups in total. The molecule has 3 aromatic rings. The van der Waals surface area contributed by atoms with Gasteiger partial charge in [0, 0.05) is 10.7 Å². The number of hydrogen-bond acceptors (Lipinski definition) is 6. The molecule has 2 heterocycles. The second kappa shape index (κ2) is 9.05. The van der Waals surface area contributed by atoms with Gasteiger partial charge in [-0.25, -0.2) is 0 Å². The maximum atomic E-state index is 12.8. The highest BCUT2D eigenvalue weighted by Gasteiger charge is 2.36. The summed E-state index contributed by atoms with van der Waals surface area (Å²) in [5.74, 6) is -1.19. The number of nitrogens with zero attached hydrogens (tertiary/aromatic N) is 1. The summed E-state index contributed by atoms with van der Waals surface area (Å²) in [6.07, 6.45) is 2.41. The molecule has 33 heavy (non-hydrogen) atoms. The topological polar surface area (TPSA) is 96.7 Å². The molecule has 1 saturated heterocycles. The minimum absolute atomic E-state index is 0.00115. The first-order chi connectivity index (χ1) is 15.6. The number of carbonyl (C=O) groups is 3. The molecular formula is C23H16Cl2N2O5S. The van der Waals surface area contributed by atoms with Gasteiger partial charge in [-0.1, -0.05) is 29.3 Å². The van der Waals surface area contributed by atoms with Crippen LogP contribution in [0.1, 0.15) is 16.7 Å². The first kappa shape index (κ1) is 23.1. The zero-order valence-electron chi connectivity index (χ0n) is 17.4.